The van der Waals surface area contributed by atoms with Gasteiger partial charge in [0.15, 0.2) is 0 Å². The molecule has 0 amide bonds. The minimum atomic E-state index is 0.360. The number of hydrogen-bond donors (Lipinski definition) is 1. The third-order valence-corrected chi connectivity index (χ3v) is 3.37. The van der Waals surface area contributed by atoms with Crippen LogP contribution in [-0.2, 0) is 0 Å². The lowest BCUT2D eigenvalue weighted by Crippen LogP contribution is -2.29. The van der Waals surface area contributed by atoms with Gasteiger partial charge >= 0.3 is 0 Å². The molecule has 0 spiro atoms. The summed E-state index contributed by atoms with van der Waals surface area (Å²) in [4.78, 5) is 2.53. The molecule has 1 N–H and O–H groups in total. The van der Waals surface area contributed by atoms with Gasteiger partial charge in [-0.25, -0.2) is 0 Å². The number of unbranched alkanes of at least 4 members (excludes halogenated alkanes) is 3. The highest BCUT2D eigenvalue weighted by Gasteiger charge is 2.18. The summed E-state index contributed by atoms with van der Waals surface area (Å²) >= 11 is 0. The van der Waals surface area contributed by atoms with Gasteiger partial charge < -0.3 is 10.0 Å². The Morgan fingerprint density at radius 1 is 1.07 bits per heavy atom. The second-order valence-corrected chi connectivity index (χ2v) is 4.56. The van der Waals surface area contributed by atoms with Crippen molar-refractivity contribution in [2.75, 3.05) is 20.2 Å². The Labute approximate surface area is 88.3 Å². The van der Waals surface area contributed by atoms with E-state index in [-0.39, 0.29) is 0 Å². The van der Waals surface area contributed by atoms with Crippen LogP contribution in [0.15, 0.2) is 0 Å². The highest BCUT2D eigenvalue weighted by molar-refractivity contribution is 4.74. The molecule has 1 fully saturated rings. The van der Waals surface area contributed by atoms with Crippen molar-refractivity contribution in [1.82, 2.24) is 4.90 Å². The van der Waals surface area contributed by atoms with E-state index in [1.54, 1.807) is 0 Å². The van der Waals surface area contributed by atoms with Crippen LogP contribution < -0.4 is 0 Å². The third kappa shape index (κ3) is 4.43. The quantitative estimate of drug-likeness (QED) is 0.636. The summed E-state index contributed by atoms with van der Waals surface area (Å²) in [5.41, 5.74) is 0. The molecule has 1 saturated carbocycles. The van der Waals surface area contributed by atoms with Crippen LogP contribution in [0.4, 0.5) is 0 Å². The molecule has 0 radical (unpaired) electrons. The fourth-order valence-electron chi connectivity index (χ4n) is 2.35. The van der Waals surface area contributed by atoms with Gasteiger partial charge in [0, 0.05) is 12.6 Å². The van der Waals surface area contributed by atoms with Crippen molar-refractivity contribution in [2.45, 2.75) is 57.4 Å². The van der Waals surface area contributed by atoms with E-state index in [2.05, 4.69) is 11.9 Å². The Morgan fingerprint density at radius 3 is 2.36 bits per heavy atom. The Kier molecular flexibility index (Phi) is 6.20. The van der Waals surface area contributed by atoms with Gasteiger partial charge in [0.05, 0.1) is 0 Å². The maximum Gasteiger partial charge on any atom is 0.0431 e. The molecule has 0 saturated heterocycles. The van der Waals surface area contributed by atoms with Crippen LogP contribution in [0.2, 0.25) is 0 Å². The van der Waals surface area contributed by atoms with Gasteiger partial charge in [-0.05, 0) is 39.3 Å². The van der Waals surface area contributed by atoms with Crippen LogP contribution in [0.5, 0.6) is 0 Å². The van der Waals surface area contributed by atoms with Gasteiger partial charge in [-0.3, -0.25) is 0 Å². The summed E-state index contributed by atoms with van der Waals surface area (Å²) in [5.74, 6) is 0. The highest BCUT2D eigenvalue weighted by Crippen LogP contribution is 2.22. The van der Waals surface area contributed by atoms with Crippen molar-refractivity contribution >= 4 is 0 Å². The van der Waals surface area contributed by atoms with E-state index < -0.39 is 0 Å². The second kappa shape index (κ2) is 7.24. The first-order chi connectivity index (χ1) is 6.84. The van der Waals surface area contributed by atoms with Crippen LogP contribution in [-0.4, -0.2) is 36.2 Å². The molecule has 14 heavy (non-hydrogen) atoms. The van der Waals surface area contributed by atoms with Gasteiger partial charge in [-0.2, -0.15) is 0 Å². The Morgan fingerprint density at radius 2 is 1.71 bits per heavy atom. The van der Waals surface area contributed by atoms with Crippen molar-refractivity contribution in [2.24, 2.45) is 0 Å². The van der Waals surface area contributed by atoms with E-state index in [9.17, 15) is 0 Å². The minimum absolute atomic E-state index is 0.360. The fraction of sp³-hybridized carbons (Fsp3) is 1.00. The fourth-order valence-corrected chi connectivity index (χ4v) is 2.35. The standard InChI is InChI=1S/C12H25NO/c1-13(12-8-4-5-9-12)10-6-2-3-7-11-14/h12,14H,2-11H2,1H3. The number of aliphatic hydroxyl groups excluding tert-OH is 1. The SMILES string of the molecule is CN(CCCCCCO)C1CCCC1. The normalized spacial score (nSPS) is 18.2. The molecule has 84 valence electrons. The molecule has 1 aliphatic rings. The van der Waals surface area contributed by atoms with E-state index in [0.717, 1.165) is 12.5 Å². The highest BCUT2D eigenvalue weighted by atomic mass is 16.2. The molecule has 0 bridgehead atoms. The van der Waals surface area contributed by atoms with E-state index in [1.807, 2.05) is 0 Å². The summed E-state index contributed by atoms with van der Waals surface area (Å²) in [6.07, 6.45) is 10.4. The predicted octanol–water partition coefficient (Wildman–Crippen LogP) is 2.41. The summed E-state index contributed by atoms with van der Waals surface area (Å²) < 4.78 is 0. The third-order valence-electron chi connectivity index (χ3n) is 3.37. The summed E-state index contributed by atoms with van der Waals surface area (Å²) in [5, 5.41) is 8.64. The zero-order valence-corrected chi connectivity index (χ0v) is 9.54. The largest absolute Gasteiger partial charge is 0.396 e. The molecule has 0 unspecified atom stereocenters. The zero-order valence-electron chi connectivity index (χ0n) is 9.54. The smallest absolute Gasteiger partial charge is 0.0431 e. The summed E-state index contributed by atoms with van der Waals surface area (Å²) in [7, 11) is 2.27. The molecule has 0 aliphatic heterocycles. The van der Waals surface area contributed by atoms with Crippen LogP contribution in [0.25, 0.3) is 0 Å². The number of nitrogens with zero attached hydrogens (tertiary/aromatic N) is 1. The van der Waals surface area contributed by atoms with Crippen molar-refractivity contribution in [3.05, 3.63) is 0 Å². The van der Waals surface area contributed by atoms with Gasteiger partial charge in [-0.1, -0.05) is 25.7 Å². The lowest BCUT2D eigenvalue weighted by Gasteiger charge is -2.23. The number of hydrogen-bond acceptors (Lipinski definition) is 2. The zero-order chi connectivity index (χ0) is 10.2. The average Bonchev–Trinajstić information content (AvgIpc) is 2.70. The first-order valence-electron chi connectivity index (χ1n) is 6.15. The van der Waals surface area contributed by atoms with Crippen LogP contribution in [0.3, 0.4) is 0 Å². The molecule has 0 aromatic rings. The monoisotopic (exact) mass is 199 g/mol. The maximum atomic E-state index is 8.64. The van der Waals surface area contributed by atoms with Crippen LogP contribution in [0.1, 0.15) is 51.4 Å². The molecule has 0 heterocycles. The van der Waals surface area contributed by atoms with E-state index >= 15 is 0 Å². The average molecular weight is 199 g/mol. The molecule has 0 atom stereocenters. The molecule has 0 aromatic carbocycles. The van der Waals surface area contributed by atoms with Crippen LogP contribution >= 0.6 is 0 Å². The molecular weight excluding hydrogens is 174 g/mol. The van der Waals surface area contributed by atoms with E-state index in [4.69, 9.17) is 5.11 Å². The Hall–Kier alpha value is -0.0800. The first kappa shape index (κ1) is 12.0. The van der Waals surface area contributed by atoms with Gasteiger partial charge in [0.1, 0.15) is 0 Å². The molecule has 2 heteroatoms. The first-order valence-corrected chi connectivity index (χ1v) is 6.15. The summed E-state index contributed by atoms with van der Waals surface area (Å²) in [6, 6.07) is 0.868. The molecule has 1 rings (SSSR count). The van der Waals surface area contributed by atoms with E-state index in [1.165, 1.54) is 51.5 Å². The molecular formula is C12H25NO. The number of rotatable bonds is 7. The van der Waals surface area contributed by atoms with E-state index in [0.29, 0.717) is 6.61 Å². The van der Waals surface area contributed by atoms with Crippen molar-refractivity contribution < 1.29 is 5.11 Å². The van der Waals surface area contributed by atoms with Crippen molar-refractivity contribution in [3.8, 4) is 0 Å². The molecule has 0 aromatic heterocycles. The number of aliphatic hydroxyl groups is 1. The van der Waals surface area contributed by atoms with Crippen LogP contribution in [0, 0.1) is 0 Å². The van der Waals surface area contributed by atoms with Crippen molar-refractivity contribution in [3.63, 3.8) is 0 Å². The topological polar surface area (TPSA) is 23.5 Å². The van der Waals surface area contributed by atoms with Gasteiger partial charge in [0.2, 0.25) is 0 Å². The minimum Gasteiger partial charge on any atom is -0.396 e. The second-order valence-electron chi connectivity index (χ2n) is 4.56. The molecule has 1 aliphatic carbocycles. The maximum absolute atomic E-state index is 8.64. The molecule has 2 nitrogen and oxygen atoms in total. The van der Waals surface area contributed by atoms with Gasteiger partial charge in [-0.15, -0.1) is 0 Å². The summed E-state index contributed by atoms with van der Waals surface area (Å²) in [6.45, 7) is 1.61. The lowest BCUT2D eigenvalue weighted by atomic mass is 10.1. The van der Waals surface area contributed by atoms with Gasteiger partial charge in [0.25, 0.3) is 0 Å². The predicted molar refractivity (Wildman–Crippen MR) is 60.4 cm³/mol. The Balaban J connectivity index is 1.94. The lowest BCUT2D eigenvalue weighted by molar-refractivity contribution is 0.237. The van der Waals surface area contributed by atoms with Crippen molar-refractivity contribution in [1.29, 1.82) is 0 Å². The Bertz CT molecular complexity index is 132.